The van der Waals surface area contributed by atoms with Crippen LogP contribution < -0.4 is 11.1 Å². The normalized spacial score (nSPS) is 11.4. The van der Waals surface area contributed by atoms with E-state index in [0.717, 1.165) is 12.1 Å². The quantitative estimate of drug-likeness (QED) is 0.823. The number of amides is 1. The third-order valence-electron chi connectivity index (χ3n) is 1.84. The standard InChI is InChI=1S/C10H11BrF2N2O/c1-10(2,14)9(16)15-8-4-6(12)5(11)3-7(8)13/h3-4H,14H2,1-2H3,(H,15,16). The molecular formula is C10H11BrF2N2O. The first-order valence-electron chi connectivity index (χ1n) is 4.46. The minimum absolute atomic E-state index is 0.00462. The van der Waals surface area contributed by atoms with E-state index < -0.39 is 23.1 Å². The summed E-state index contributed by atoms with van der Waals surface area (Å²) in [6.45, 7) is 2.94. The summed E-state index contributed by atoms with van der Waals surface area (Å²) in [6, 6.07) is 1.83. The van der Waals surface area contributed by atoms with Crippen molar-refractivity contribution in [2.24, 2.45) is 5.73 Å². The number of nitrogens with two attached hydrogens (primary N) is 1. The smallest absolute Gasteiger partial charge is 0.243 e. The molecule has 0 aromatic heterocycles. The Labute approximate surface area is 100 Å². The lowest BCUT2D eigenvalue weighted by molar-refractivity contribution is -0.120. The van der Waals surface area contributed by atoms with E-state index >= 15 is 0 Å². The van der Waals surface area contributed by atoms with Gasteiger partial charge in [0, 0.05) is 6.07 Å². The molecule has 0 heterocycles. The van der Waals surface area contributed by atoms with Crippen LogP contribution in [0, 0.1) is 11.6 Å². The van der Waals surface area contributed by atoms with E-state index in [2.05, 4.69) is 21.2 Å². The van der Waals surface area contributed by atoms with Crippen LogP contribution in [0.5, 0.6) is 0 Å². The van der Waals surface area contributed by atoms with Crippen molar-refractivity contribution >= 4 is 27.5 Å². The molecule has 6 heteroatoms. The molecule has 1 aromatic carbocycles. The van der Waals surface area contributed by atoms with Crippen molar-refractivity contribution in [1.29, 1.82) is 0 Å². The summed E-state index contributed by atoms with van der Waals surface area (Å²) >= 11 is 2.83. The molecule has 0 aliphatic heterocycles. The fourth-order valence-electron chi connectivity index (χ4n) is 0.902. The largest absolute Gasteiger partial charge is 0.322 e. The first kappa shape index (κ1) is 13.1. The summed E-state index contributed by atoms with van der Waals surface area (Å²) in [7, 11) is 0. The zero-order chi connectivity index (χ0) is 12.5. The van der Waals surface area contributed by atoms with E-state index in [1.807, 2.05) is 0 Å². The van der Waals surface area contributed by atoms with Crippen LogP contribution in [0.4, 0.5) is 14.5 Å². The number of rotatable bonds is 2. The Morgan fingerprint density at radius 3 is 2.44 bits per heavy atom. The Hall–Kier alpha value is -1.01. The van der Waals surface area contributed by atoms with Gasteiger partial charge in [-0.05, 0) is 35.8 Å². The number of anilines is 1. The second-order valence-corrected chi connectivity index (χ2v) is 4.78. The van der Waals surface area contributed by atoms with Crippen molar-refractivity contribution in [3.63, 3.8) is 0 Å². The molecule has 0 aliphatic rings. The molecule has 1 amide bonds. The summed E-state index contributed by atoms with van der Waals surface area (Å²) < 4.78 is 26.4. The van der Waals surface area contributed by atoms with Crippen molar-refractivity contribution in [1.82, 2.24) is 0 Å². The van der Waals surface area contributed by atoms with E-state index in [0.29, 0.717) is 0 Å². The lowest BCUT2D eigenvalue weighted by Crippen LogP contribution is -2.45. The Bertz CT molecular complexity index is 430. The molecule has 3 nitrogen and oxygen atoms in total. The average Bonchev–Trinajstić information content (AvgIpc) is 2.12. The highest BCUT2D eigenvalue weighted by Gasteiger charge is 2.23. The maximum absolute atomic E-state index is 13.3. The maximum Gasteiger partial charge on any atom is 0.243 e. The van der Waals surface area contributed by atoms with Crippen LogP contribution in [-0.4, -0.2) is 11.4 Å². The van der Waals surface area contributed by atoms with E-state index in [1.165, 1.54) is 13.8 Å². The molecule has 0 spiro atoms. The first-order chi connectivity index (χ1) is 7.21. The van der Waals surface area contributed by atoms with Gasteiger partial charge < -0.3 is 11.1 Å². The highest BCUT2D eigenvalue weighted by atomic mass is 79.9. The zero-order valence-corrected chi connectivity index (χ0v) is 10.4. The van der Waals surface area contributed by atoms with Gasteiger partial charge in [-0.15, -0.1) is 0 Å². The van der Waals surface area contributed by atoms with Crippen LogP contribution >= 0.6 is 15.9 Å². The number of benzene rings is 1. The fraction of sp³-hybridized carbons (Fsp3) is 0.300. The predicted octanol–water partition coefficient (Wildman–Crippen LogP) is 2.40. The van der Waals surface area contributed by atoms with Gasteiger partial charge >= 0.3 is 0 Å². The van der Waals surface area contributed by atoms with Crippen LogP contribution in [0.1, 0.15) is 13.8 Å². The highest BCUT2D eigenvalue weighted by molar-refractivity contribution is 9.10. The number of halogens is 3. The molecule has 0 unspecified atom stereocenters. The monoisotopic (exact) mass is 292 g/mol. The molecule has 0 bridgehead atoms. The maximum atomic E-state index is 13.3. The van der Waals surface area contributed by atoms with Crippen molar-refractivity contribution in [3.8, 4) is 0 Å². The number of hydrogen-bond acceptors (Lipinski definition) is 2. The van der Waals surface area contributed by atoms with Gasteiger partial charge in [-0.3, -0.25) is 4.79 Å². The van der Waals surface area contributed by atoms with Gasteiger partial charge in [0.05, 0.1) is 15.7 Å². The summed E-state index contributed by atoms with van der Waals surface area (Å²) in [4.78, 5) is 11.4. The topological polar surface area (TPSA) is 55.1 Å². The van der Waals surface area contributed by atoms with E-state index in [1.54, 1.807) is 0 Å². The summed E-state index contributed by atoms with van der Waals surface area (Å²) in [5, 5.41) is 2.22. The van der Waals surface area contributed by atoms with E-state index in [9.17, 15) is 13.6 Å². The molecule has 0 fully saturated rings. The van der Waals surface area contributed by atoms with Crippen molar-refractivity contribution in [3.05, 3.63) is 28.2 Å². The molecule has 0 saturated heterocycles. The summed E-state index contributed by atoms with van der Waals surface area (Å²) in [5.74, 6) is -1.98. The number of hydrogen-bond donors (Lipinski definition) is 2. The van der Waals surface area contributed by atoms with Crippen LogP contribution in [0.25, 0.3) is 0 Å². The SMILES string of the molecule is CC(C)(N)C(=O)Nc1cc(F)c(Br)cc1F. The van der Waals surface area contributed by atoms with Crippen molar-refractivity contribution in [2.75, 3.05) is 5.32 Å². The van der Waals surface area contributed by atoms with Crippen molar-refractivity contribution < 1.29 is 13.6 Å². The molecule has 16 heavy (non-hydrogen) atoms. The molecule has 1 aromatic rings. The van der Waals surface area contributed by atoms with Gasteiger partial charge in [0.1, 0.15) is 11.6 Å². The number of nitrogens with one attached hydrogen (secondary N) is 1. The first-order valence-corrected chi connectivity index (χ1v) is 5.26. The van der Waals surface area contributed by atoms with E-state index in [4.69, 9.17) is 5.73 Å². The molecule has 3 N–H and O–H groups in total. The Morgan fingerprint density at radius 2 is 1.94 bits per heavy atom. The molecule has 88 valence electrons. The van der Waals surface area contributed by atoms with Gasteiger partial charge in [-0.2, -0.15) is 0 Å². The van der Waals surface area contributed by atoms with Crippen LogP contribution in [-0.2, 0) is 4.79 Å². The van der Waals surface area contributed by atoms with E-state index in [-0.39, 0.29) is 10.2 Å². The highest BCUT2D eigenvalue weighted by Crippen LogP contribution is 2.23. The second kappa shape index (κ2) is 4.47. The second-order valence-electron chi connectivity index (χ2n) is 3.92. The Balaban J connectivity index is 2.99. The third-order valence-corrected chi connectivity index (χ3v) is 2.45. The van der Waals surface area contributed by atoms with Gasteiger partial charge in [-0.25, -0.2) is 8.78 Å². The third kappa shape index (κ3) is 2.99. The van der Waals surface area contributed by atoms with Gasteiger partial charge in [0.15, 0.2) is 0 Å². The number of carbonyl (C=O) groups excluding carboxylic acids is 1. The lowest BCUT2D eigenvalue weighted by Gasteiger charge is -2.18. The fourth-order valence-corrected chi connectivity index (χ4v) is 1.22. The Morgan fingerprint density at radius 1 is 1.38 bits per heavy atom. The Kier molecular flexibility index (Phi) is 3.64. The van der Waals surface area contributed by atoms with Crippen molar-refractivity contribution in [2.45, 2.75) is 19.4 Å². The summed E-state index contributed by atoms with van der Waals surface area (Å²) in [5.41, 5.74) is 4.12. The lowest BCUT2D eigenvalue weighted by atomic mass is 10.1. The van der Waals surface area contributed by atoms with Crippen LogP contribution in [0.15, 0.2) is 16.6 Å². The van der Waals surface area contributed by atoms with Crippen LogP contribution in [0.2, 0.25) is 0 Å². The minimum Gasteiger partial charge on any atom is -0.322 e. The molecular weight excluding hydrogens is 282 g/mol. The molecule has 1 rings (SSSR count). The van der Waals surface area contributed by atoms with Gasteiger partial charge in [0.2, 0.25) is 5.91 Å². The average molecular weight is 293 g/mol. The molecule has 0 aliphatic carbocycles. The summed E-state index contributed by atoms with van der Waals surface area (Å²) in [6.07, 6.45) is 0. The molecule has 0 atom stereocenters. The van der Waals surface area contributed by atoms with Gasteiger partial charge in [-0.1, -0.05) is 0 Å². The minimum atomic E-state index is -1.16. The molecule has 0 saturated carbocycles. The van der Waals surface area contributed by atoms with Gasteiger partial charge in [0.25, 0.3) is 0 Å². The van der Waals surface area contributed by atoms with Crippen LogP contribution in [0.3, 0.4) is 0 Å². The molecule has 0 radical (unpaired) electrons. The number of carbonyl (C=O) groups is 1. The predicted molar refractivity (Wildman–Crippen MR) is 61.0 cm³/mol. The zero-order valence-electron chi connectivity index (χ0n) is 8.77.